The summed E-state index contributed by atoms with van der Waals surface area (Å²) < 4.78 is 4.64. The van der Waals surface area contributed by atoms with Gasteiger partial charge in [0, 0.05) is 5.92 Å². The summed E-state index contributed by atoms with van der Waals surface area (Å²) in [5.41, 5.74) is 0. The van der Waals surface area contributed by atoms with Gasteiger partial charge in [0.2, 0.25) is 5.91 Å². The van der Waals surface area contributed by atoms with Crippen LogP contribution in [-0.2, 0) is 14.3 Å². The summed E-state index contributed by atoms with van der Waals surface area (Å²) in [5.74, 6) is 1.13. The number of ether oxygens (including phenoxy) is 1. The molecule has 4 nitrogen and oxygen atoms in total. The van der Waals surface area contributed by atoms with E-state index in [1.807, 2.05) is 0 Å². The maximum Gasteiger partial charge on any atom is 0.328 e. The molecule has 0 aromatic heterocycles. The predicted molar refractivity (Wildman–Crippen MR) is 74.5 cm³/mol. The van der Waals surface area contributed by atoms with E-state index in [1.165, 1.54) is 13.5 Å². The van der Waals surface area contributed by atoms with Gasteiger partial charge in [-0.3, -0.25) is 4.79 Å². The molecular weight excluding hydrogens is 242 g/mol. The van der Waals surface area contributed by atoms with Crippen LogP contribution in [0.5, 0.6) is 0 Å². The van der Waals surface area contributed by atoms with E-state index in [9.17, 15) is 9.59 Å². The molecule has 1 N–H and O–H groups in total. The fraction of sp³-hybridized carbons (Fsp3) is 0.867. The van der Waals surface area contributed by atoms with E-state index in [2.05, 4.69) is 30.8 Å². The average Bonchev–Trinajstić information content (AvgIpc) is 2.36. The third kappa shape index (κ3) is 4.22. The minimum absolute atomic E-state index is 0.00292. The molecule has 1 amide bonds. The zero-order valence-corrected chi connectivity index (χ0v) is 12.7. The van der Waals surface area contributed by atoms with E-state index >= 15 is 0 Å². The lowest BCUT2D eigenvalue weighted by atomic mass is 9.69. The molecule has 0 aliphatic heterocycles. The van der Waals surface area contributed by atoms with Gasteiger partial charge in [-0.2, -0.15) is 0 Å². The minimum Gasteiger partial charge on any atom is -0.467 e. The van der Waals surface area contributed by atoms with Gasteiger partial charge < -0.3 is 10.1 Å². The van der Waals surface area contributed by atoms with Gasteiger partial charge >= 0.3 is 5.97 Å². The summed E-state index contributed by atoms with van der Waals surface area (Å²) in [4.78, 5) is 23.7. The van der Waals surface area contributed by atoms with Gasteiger partial charge in [-0.25, -0.2) is 4.79 Å². The number of amides is 1. The van der Waals surface area contributed by atoms with Crippen molar-refractivity contribution in [1.82, 2.24) is 5.32 Å². The van der Waals surface area contributed by atoms with E-state index < -0.39 is 12.0 Å². The first kappa shape index (κ1) is 16.0. The molecular formula is C15H27NO3. The maximum atomic E-state index is 12.4. The summed E-state index contributed by atoms with van der Waals surface area (Å²) in [7, 11) is 1.34. The number of hydrogen-bond acceptors (Lipinski definition) is 3. The largest absolute Gasteiger partial charge is 0.467 e. The van der Waals surface area contributed by atoms with Crippen LogP contribution in [-0.4, -0.2) is 25.0 Å². The number of methoxy groups -OCH3 is 1. The topological polar surface area (TPSA) is 55.4 Å². The molecule has 0 bridgehead atoms. The molecule has 0 spiro atoms. The van der Waals surface area contributed by atoms with Crippen LogP contribution in [0.2, 0.25) is 0 Å². The summed E-state index contributed by atoms with van der Waals surface area (Å²) in [6.07, 6.45) is 3.21. The molecule has 0 radical (unpaired) electrons. The van der Waals surface area contributed by atoms with Gasteiger partial charge in [0.1, 0.15) is 6.04 Å². The Balaban J connectivity index is 2.68. The Hall–Kier alpha value is -1.06. The lowest BCUT2D eigenvalue weighted by molar-refractivity contribution is -0.145. The number of nitrogens with one attached hydrogen (secondary N) is 1. The van der Waals surface area contributed by atoms with Crippen molar-refractivity contribution < 1.29 is 14.3 Å². The molecule has 4 heteroatoms. The third-order valence-electron chi connectivity index (χ3n) is 4.27. The molecule has 19 heavy (non-hydrogen) atoms. The minimum atomic E-state index is -0.567. The van der Waals surface area contributed by atoms with Crippen LogP contribution in [0.3, 0.4) is 0 Å². The van der Waals surface area contributed by atoms with Crippen molar-refractivity contribution in [3.05, 3.63) is 0 Å². The monoisotopic (exact) mass is 269 g/mol. The van der Waals surface area contributed by atoms with Gasteiger partial charge in [-0.05, 0) is 37.5 Å². The van der Waals surface area contributed by atoms with Crippen LogP contribution in [0.4, 0.5) is 0 Å². The highest BCUT2D eigenvalue weighted by molar-refractivity contribution is 5.85. The van der Waals surface area contributed by atoms with Gasteiger partial charge in [0.05, 0.1) is 7.11 Å². The highest BCUT2D eigenvalue weighted by atomic mass is 16.5. The Morgan fingerprint density at radius 1 is 1.21 bits per heavy atom. The van der Waals surface area contributed by atoms with Crippen LogP contribution in [0.15, 0.2) is 0 Å². The van der Waals surface area contributed by atoms with Crippen LogP contribution >= 0.6 is 0 Å². The quantitative estimate of drug-likeness (QED) is 0.797. The molecule has 1 aliphatic rings. The maximum absolute atomic E-state index is 12.4. The van der Waals surface area contributed by atoms with E-state index in [1.54, 1.807) is 6.92 Å². The molecule has 0 saturated heterocycles. The molecule has 1 aliphatic carbocycles. The van der Waals surface area contributed by atoms with Crippen molar-refractivity contribution in [3.8, 4) is 0 Å². The van der Waals surface area contributed by atoms with Crippen molar-refractivity contribution in [1.29, 1.82) is 0 Å². The van der Waals surface area contributed by atoms with Crippen LogP contribution in [0.25, 0.3) is 0 Å². The molecule has 110 valence electrons. The Morgan fingerprint density at radius 3 is 2.37 bits per heavy atom. The predicted octanol–water partition coefficient (Wildman–Crippen LogP) is 2.37. The van der Waals surface area contributed by atoms with Gasteiger partial charge in [0.25, 0.3) is 0 Å². The Bertz CT molecular complexity index is 327. The van der Waals surface area contributed by atoms with Crippen LogP contribution in [0.1, 0.15) is 47.0 Å². The first-order valence-corrected chi connectivity index (χ1v) is 7.25. The lowest BCUT2D eigenvalue weighted by Gasteiger charge is -2.36. The van der Waals surface area contributed by atoms with Crippen LogP contribution < -0.4 is 5.32 Å². The Labute approximate surface area is 116 Å². The van der Waals surface area contributed by atoms with Gasteiger partial charge in [-0.1, -0.05) is 27.2 Å². The lowest BCUT2D eigenvalue weighted by Crippen LogP contribution is -2.46. The van der Waals surface area contributed by atoms with Crippen molar-refractivity contribution in [2.24, 2.45) is 23.7 Å². The zero-order chi connectivity index (χ0) is 14.6. The second-order valence-corrected chi connectivity index (χ2v) is 6.19. The second kappa shape index (κ2) is 6.92. The number of rotatable bonds is 4. The molecule has 1 saturated carbocycles. The highest BCUT2D eigenvalue weighted by Crippen LogP contribution is 2.38. The zero-order valence-electron chi connectivity index (χ0n) is 12.7. The fourth-order valence-electron chi connectivity index (χ4n) is 3.06. The molecule has 1 rings (SSSR count). The van der Waals surface area contributed by atoms with E-state index in [4.69, 9.17) is 0 Å². The summed E-state index contributed by atoms with van der Waals surface area (Å²) in [5, 5.41) is 2.79. The fourth-order valence-corrected chi connectivity index (χ4v) is 3.06. The van der Waals surface area contributed by atoms with Gasteiger partial charge in [0.15, 0.2) is 0 Å². The third-order valence-corrected chi connectivity index (χ3v) is 4.27. The average molecular weight is 269 g/mol. The smallest absolute Gasteiger partial charge is 0.328 e. The molecule has 3 unspecified atom stereocenters. The standard InChI is InChI=1S/C15H27NO3/c1-9(2)12-7-6-10(3)8-13(12)14(17)16-11(4)15(18)19-5/h9-13H,6-8H2,1-5H3,(H,16,17)/t10?,11-,12?,13?/m1/s1. The van der Waals surface area contributed by atoms with E-state index in [-0.39, 0.29) is 11.8 Å². The highest BCUT2D eigenvalue weighted by Gasteiger charge is 2.36. The molecule has 1 fully saturated rings. The van der Waals surface area contributed by atoms with Crippen molar-refractivity contribution in [2.75, 3.05) is 7.11 Å². The molecule has 0 aromatic rings. The Kier molecular flexibility index (Phi) is 5.83. The van der Waals surface area contributed by atoms with Crippen molar-refractivity contribution in [2.45, 2.75) is 53.0 Å². The normalized spacial score (nSPS) is 28.8. The summed E-state index contributed by atoms with van der Waals surface area (Å²) >= 11 is 0. The summed E-state index contributed by atoms with van der Waals surface area (Å²) in [6.45, 7) is 8.20. The SMILES string of the molecule is COC(=O)[C@@H](C)NC(=O)C1CC(C)CCC1C(C)C. The number of hydrogen-bond donors (Lipinski definition) is 1. The van der Waals surface area contributed by atoms with Crippen molar-refractivity contribution >= 4 is 11.9 Å². The summed E-state index contributed by atoms with van der Waals surface area (Å²) in [6, 6.07) is -0.567. The molecule has 0 aromatic carbocycles. The molecule has 4 atom stereocenters. The van der Waals surface area contributed by atoms with Crippen molar-refractivity contribution in [3.63, 3.8) is 0 Å². The molecule has 0 heterocycles. The Morgan fingerprint density at radius 2 is 1.84 bits per heavy atom. The van der Waals surface area contributed by atoms with E-state index in [0.29, 0.717) is 17.8 Å². The van der Waals surface area contributed by atoms with E-state index in [0.717, 1.165) is 12.8 Å². The number of esters is 1. The number of carbonyl (C=O) groups excluding carboxylic acids is 2. The van der Waals surface area contributed by atoms with Gasteiger partial charge in [-0.15, -0.1) is 0 Å². The number of carbonyl (C=O) groups is 2. The first-order chi connectivity index (χ1) is 8.86. The first-order valence-electron chi connectivity index (χ1n) is 7.25. The van der Waals surface area contributed by atoms with Crippen LogP contribution in [0, 0.1) is 23.7 Å². The second-order valence-electron chi connectivity index (χ2n) is 6.19.